The van der Waals surface area contributed by atoms with Gasteiger partial charge in [0.2, 0.25) is 0 Å². The van der Waals surface area contributed by atoms with Crippen LogP contribution >= 0.6 is 11.6 Å². The van der Waals surface area contributed by atoms with Gasteiger partial charge in [0.1, 0.15) is 11.2 Å². The van der Waals surface area contributed by atoms with Crippen molar-refractivity contribution in [1.29, 1.82) is 0 Å². The fourth-order valence-electron chi connectivity index (χ4n) is 2.16. The van der Waals surface area contributed by atoms with Gasteiger partial charge in [0.25, 0.3) is 5.56 Å². The molecule has 0 unspecified atom stereocenters. The molecule has 2 aromatic heterocycles. The molecule has 0 saturated carbocycles. The first-order chi connectivity index (χ1) is 9.52. The first-order valence-electron chi connectivity index (χ1n) is 6.54. The number of aryl methyl sites for hydroxylation is 2. The third kappa shape index (κ3) is 2.22. The summed E-state index contributed by atoms with van der Waals surface area (Å²) in [5.74, 6) is 0.586. The van der Waals surface area contributed by atoms with Crippen LogP contribution in [-0.4, -0.2) is 24.8 Å². The number of halogens is 1. The van der Waals surface area contributed by atoms with Gasteiger partial charge >= 0.3 is 5.69 Å². The number of hydrogen-bond acceptors (Lipinski definition) is 4. The molecule has 0 fully saturated rings. The van der Waals surface area contributed by atoms with E-state index >= 15 is 0 Å². The molecule has 0 saturated heterocycles. The summed E-state index contributed by atoms with van der Waals surface area (Å²) in [7, 11) is 1.59. The fraction of sp³-hybridized carbons (Fsp3) is 0.583. The van der Waals surface area contributed by atoms with Crippen LogP contribution in [-0.2, 0) is 20.1 Å². The van der Waals surface area contributed by atoms with E-state index in [1.807, 2.05) is 6.92 Å². The van der Waals surface area contributed by atoms with Crippen LogP contribution in [0.5, 0.6) is 0 Å². The van der Waals surface area contributed by atoms with Gasteiger partial charge in [-0.15, -0.1) is 11.6 Å². The van der Waals surface area contributed by atoms with E-state index in [-0.39, 0.29) is 22.5 Å². The molecule has 110 valence electrons. The summed E-state index contributed by atoms with van der Waals surface area (Å²) in [5.41, 5.74) is 5.51. The highest BCUT2D eigenvalue weighted by atomic mass is 35.5. The predicted octanol–water partition coefficient (Wildman–Crippen LogP) is 0.518. The van der Waals surface area contributed by atoms with E-state index < -0.39 is 0 Å². The van der Waals surface area contributed by atoms with Gasteiger partial charge in [-0.2, -0.15) is 5.10 Å². The van der Waals surface area contributed by atoms with E-state index in [0.717, 1.165) is 12.8 Å². The van der Waals surface area contributed by atoms with E-state index in [1.54, 1.807) is 7.05 Å². The smallest absolute Gasteiger partial charge is 0.332 e. The second-order valence-corrected chi connectivity index (χ2v) is 5.03. The van der Waals surface area contributed by atoms with Crippen molar-refractivity contribution in [3.05, 3.63) is 20.8 Å². The Morgan fingerprint density at radius 3 is 2.60 bits per heavy atom. The van der Waals surface area contributed by atoms with Crippen LogP contribution in [0.15, 0.2) is 9.59 Å². The molecular formula is C12H18ClN5O2. The molecule has 7 nitrogen and oxygen atoms in total. The first-order valence-corrected chi connectivity index (χ1v) is 7.08. The molecule has 0 aliphatic rings. The Kier molecular flexibility index (Phi) is 4.17. The topological polar surface area (TPSA) is 87.8 Å². The molecule has 0 spiro atoms. The van der Waals surface area contributed by atoms with E-state index in [9.17, 15) is 9.59 Å². The van der Waals surface area contributed by atoms with Crippen molar-refractivity contribution in [3.63, 3.8) is 0 Å². The van der Waals surface area contributed by atoms with E-state index in [1.165, 1.54) is 13.8 Å². The Labute approximate surface area is 120 Å². The third-order valence-corrected chi connectivity index (χ3v) is 3.47. The molecule has 20 heavy (non-hydrogen) atoms. The second-order valence-electron chi connectivity index (χ2n) is 4.65. The summed E-state index contributed by atoms with van der Waals surface area (Å²) < 4.78 is 4.03. The number of nitrogen functional groups attached to an aromatic ring is 1. The Morgan fingerprint density at radius 1 is 1.30 bits per heavy atom. The standard InChI is InChI=1S/C12H18ClN5O2/c1-3-4-6-17-11(19)8-9(14)18(7-5-13)15-10(8)16(2)12(17)20/h3-7,14H2,1-2H3. The Balaban J connectivity index is 2.77. The number of unbranched alkanes of at least 4 members (excludes halogenated alkanes) is 1. The van der Waals surface area contributed by atoms with Crippen molar-refractivity contribution in [2.24, 2.45) is 7.05 Å². The van der Waals surface area contributed by atoms with Gasteiger partial charge in [-0.05, 0) is 6.42 Å². The number of fused-ring (bicyclic) bond motifs is 1. The van der Waals surface area contributed by atoms with E-state index in [0.29, 0.717) is 24.6 Å². The zero-order valence-electron chi connectivity index (χ0n) is 11.6. The minimum atomic E-state index is -0.380. The molecule has 0 amide bonds. The average molecular weight is 300 g/mol. The zero-order chi connectivity index (χ0) is 14.9. The van der Waals surface area contributed by atoms with E-state index in [2.05, 4.69) is 5.10 Å². The summed E-state index contributed by atoms with van der Waals surface area (Å²) in [6.45, 7) is 2.78. The normalized spacial score (nSPS) is 11.3. The van der Waals surface area contributed by atoms with Crippen molar-refractivity contribution < 1.29 is 0 Å². The summed E-state index contributed by atoms with van der Waals surface area (Å²) in [4.78, 5) is 24.6. The summed E-state index contributed by atoms with van der Waals surface area (Å²) in [6, 6.07) is 0. The lowest BCUT2D eigenvalue weighted by molar-refractivity contribution is 0.566. The first kappa shape index (κ1) is 14.6. The maximum atomic E-state index is 12.4. The maximum Gasteiger partial charge on any atom is 0.332 e. The number of aromatic nitrogens is 4. The van der Waals surface area contributed by atoms with Gasteiger partial charge in [-0.3, -0.25) is 13.9 Å². The number of nitrogens with two attached hydrogens (primary N) is 1. The molecule has 0 bridgehead atoms. The van der Waals surface area contributed by atoms with Crippen molar-refractivity contribution >= 4 is 28.5 Å². The molecule has 0 radical (unpaired) electrons. The summed E-state index contributed by atoms with van der Waals surface area (Å²) in [6.07, 6.45) is 1.66. The van der Waals surface area contributed by atoms with Gasteiger partial charge in [0, 0.05) is 19.5 Å². The SMILES string of the molecule is CCCCn1c(=O)c2c(N)n(CCCl)nc2n(C)c1=O. The minimum absolute atomic E-state index is 0.256. The van der Waals surface area contributed by atoms with Crippen molar-refractivity contribution in [3.8, 4) is 0 Å². The molecule has 0 aliphatic heterocycles. The quantitative estimate of drug-likeness (QED) is 0.815. The molecule has 2 N–H and O–H groups in total. The van der Waals surface area contributed by atoms with E-state index in [4.69, 9.17) is 17.3 Å². The number of hydrogen-bond donors (Lipinski definition) is 1. The minimum Gasteiger partial charge on any atom is -0.383 e. The lowest BCUT2D eigenvalue weighted by Crippen LogP contribution is -2.39. The highest BCUT2D eigenvalue weighted by Crippen LogP contribution is 2.15. The van der Waals surface area contributed by atoms with Crippen LogP contribution in [0.3, 0.4) is 0 Å². The van der Waals surface area contributed by atoms with Gasteiger partial charge in [0.15, 0.2) is 5.65 Å². The number of anilines is 1. The molecule has 0 aromatic carbocycles. The Bertz CT molecular complexity index is 743. The molecule has 0 atom stereocenters. The van der Waals surface area contributed by atoms with Crippen LogP contribution < -0.4 is 17.0 Å². The highest BCUT2D eigenvalue weighted by Gasteiger charge is 2.18. The molecule has 2 aromatic rings. The number of alkyl halides is 1. The number of nitrogens with zero attached hydrogens (tertiary/aromatic N) is 4. The Morgan fingerprint density at radius 2 is 2.00 bits per heavy atom. The molecule has 8 heteroatoms. The Hall–Kier alpha value is -1.76. The summed E-state index contributed by atoms with van der Waals surface area (Å²) >= 11 is 5.68. The lowest BCUT2D eigenvalue weighted by Gasteiger charge is -2.06. The van der Waals surface area contributed by atoms with Crippen LogP contribution in [0.2, 0.25) is 0 Å². The largest absolute Gasteiger partial charge is 0.383 e. The lowest BCUT2D eigenvalue weighted by atomic mass is 10.3. The van der Waals surface area contributed by atoms with Crippen LogP contribution in [0.4, 0.5) is 5.82 Å². The molecule has 2 rings (SSSR count). The summed E-state index contributed by atoms with van der Waals surface area (Å²) in [5, 5.41) is 4.49. The second kappa shape index (κ2) is 5.70. The predicted molar refractivity (Wildman–Crippen MR) is 79.3 cm³/mol. The fourth-order valence-corrected chi connectivity index (χ4v) is 2.32. The van der Waals surface area contributed by atoms with Gasteiger partial charge in [-0.25, -0.2) is 9.48 Å². The van der Waals surface area contributed by atoms with Gasteiger partial charge in [0.05, 0.1) is 6.54 Å². The highest BCUT2D eigenvalue weighted by molar-refractivity contribution is 6.17. The average Bonchev–Trinajstić information content (AvgIpc) is 2.75. The monoisotopic (exact) mass is 299 g/mol. The van der Waals surface area contributed by atoms with Crippen LogP contribution in [0, 0.1) is 0 Å². The van der Waals surface area contributed by atoms with Gasteiger partial charge < -0.3 is 5.73 Å². The maximum absolute atomic E-state index is 12.4. The third-order valence-electron chi connectivity index (χ3n) is 3.30. The molecule has 2 heterocycles. The van der Waals surface area contributed by atoms with Crippen LogP contribution in [0.1, 0.15) is 19.8 Å². The van der Waals surface area contributed by atoms with Crippen molar-refractivity contribution in [2.45, 2.75) is 32.9 Å². The van der Waals surface area contributed by atoms with Gasteiger partial charge in [-0.1, -0.05) is 13.3 Å². The van der Waals surface area contributed by atoms with Crippen molar-refractivity contribution in [1.82, 2.24) is 18.9 Å². The van der Waals surface area contributed by atoms with Crippen LogP contribution in [0.25, 0.3) is 11.0 Å². The van der Waals surface area contributed by atoms with Crippen molar-refractivity contribution in [2.75, 3.05) is 11.6 Å². The molecule has 0 aliphatic carbocycles. The molecular weight excluding hydrogens is 282 g/mol. The number of rotatable bonds is 5. The zero-order valence-corrected chi connectivity index (χ0v) is 12.4.